The molecule has 14 heavy (non-hydrogen) atoms. The number of benzene rings is 1. The van der Waals surface area contributed by atoms with E-state index in [1.807, 2.05) is 6.26 Å². The van der Waals surface area contributed by atoms with E-state index >= 15 is 0 Å². The van der Waals surface area contributed by atoms with Crippen LogP contribution in [-0.4, -0.2) is 24.9 Å². The van der Waals surface area contributed by atoms with Crippen molar-refractivity contribution >= 4 is 34.0 Å². The molecule has 0 heterocycles. The Bertz CT molecular complexity index is 315. The van der Waals surface area contributed by atoms with Gasteiger partial charge in [-0.3, -0.25) is 4.79 Å². The molecule has 0 aliphatic rings. The topological polar surface area (TPSA) is 26.3 Å². The minimum atomic E-state index is 0.647. The average molecular weight is 275 g/mol. The van der Waals surface area contributed by atoms with Gasteiger partial charge in [-0.2, -0.15) is 11.8 Å². The number of rotatable bonds is 5. The van der Waals surface area contributed by atoms with Crippen molar-refractivity contribution in [3.8, 4) is 5.75 Å². The molecule has 0 bridgehead atoms. The first-order valence-electron chi connectivity index (χ1n) is 4.14. The lowest BCUT2D eigenvalue weighted by Gasteiger charge is -2.07. The second-order valence-electron chi connectivity index (χ2n) is 2.65. The summed E-state index contributed by atoms with van der Waals surface area (Å²) in [5, 5.41) is 0. The maximum absolute atomic E-state index is 10.5. The number of thioether (sulfide) groups is 1. The molecular formula is C10H11BrO2S. The smallest absolute Gasteiger partial charge is 0.150 e. The number of halogens is 1. The second kappa shape index (κ2) is 6.09. The molecule has 0 fully saturated rings. The third kappa shape index (κ3) is 3.35. The first-order chi connectivity index (χ1) is 6.77. The molecule has 0 aliphatic heterocycles. The number of ether oxygens (including phenoxy) is 1. The van der Waals surface area contributed by atoms with Crippen LogP contribution >= 0.6 is 27.7 Å². The van der Waals surface area contributed by atoms with E-state index in [1.54, 1.807) is 30.0 Å². The summed E-state index contributed by atoms with van der Waals surface area (Å²) in [4.78, 5) is 10.5. The number of carbonyl (C=O) groups excluding carboxylic acids is 1. The van der Waals surface area contributed by atoms with Gasteiger partial charge < -0.3 is 4.74 Å². The van der Waals surface area contributed by atoms with Crippen LogP contribution in [0.5, 0.6) is 5.75 Å². The van der Waals surface area contributed by atoms with E-state index in [1.165, 1.54) is 0 Å². The Morgan fingerprint density at radius 3 is 2.93 bits per heavy atom. The van der Waals surface area contributed by atoms with Crippen molar-refractivity contribution in [3.05, 3.63) is 28.2 Å². The molecule has 4 heteroatoms. The van der Waals surface area contributed by atoms with Crippen molar-refractivity contribution in [3.63, 3.8) is 0 Å². The lowest BCUT2D eigenvalue weighted by Crippen LogP contribution is -2.00. The number of aldehydes is 1. The quantitative estimate of drug-likeness (QED) is 0.610. The molecule has 2 nitrogen and oxygen atoms in total. The largest absolute Gasteiger partial charge is 0.492 e. The van der Waals surface area contributed by atoms with Gasteiger partial charge in [0.05, 0.1) is 11.1 Å². The van der Waals surface area contributed by atoms with Crippen molar-refractivity contribution in [2.75, 3.05) is 18.6 Å². The van der Waals surface area contributed by atoms with E-state index < -0.39 is 0 Å². The Balaban J connectivity index is 2.64. The lowest BCUT2D eigenvalue weighted by molar-refractivity contribution is 0.112. The van der Waals surface area contributed by atoms with Crippen LogP contribution in [0.1, 0.15) is 10.4 Å². The van der Waals surface area contributed by atoms with Gasteiger partial charge in [-0.15, -0.1) is 0 Å². The fourth-order valence-corrected chi connectivity index (χ4v) is 1.70. The molecule has 1 aromatic carbocycles. The molecule has 1 aromatic rings. The molecule has 0 aromatic heterocycles. The van der Waals surface area contributed by atoms with Gasteiger partial charge in [-0.1, -0.05) is 0 Å². The Morgan fingerprint density at radius 1 is 1.57 bits per heavy atom. The molecule has 76 valence electrons. The zero-order valence-corrected chi connectivity index (χ0v) is 10.2. The minimum Gasteiger partial charge on any atom is -0.492 e. The molecule has 0 N–H and O–H groups in total. The van der Waals surface area contributed by atoms with Crippen molar-refractivity contribution in [1.82, 2.24) is 0 Å². The van der Waals surface area contributed by atoms with Crippen molar-refractivity contribution < 1.29 is 9.53 Å². The van der Waals surface area contributed by atoms with Crippen LogP contribution in [0.15, 0.2) is 22.7 Å². The van der Waals surface area contributed by atoms with E-state index in [2.05, 4.69) is 15.9 Å². The van der Waals surface area contributed by atoms with Crippen LogP contribution in [0.25, 0.3) is 0 Å². The molecule has 0 aliphatic carbocycles. The zero-order chi connectivity index (χ0) is 10.4. The highest BCUT2D eigenvalue weighted by Gasteiger charge is 2.01. The normalized spacial score (nSPS) is 9.86. The van der Waals surface area contributed by atoms with E-state index in [4.69, 9.17) is 4.74 Å². The first kappa shape index (κ1) is 11.6. The number of hydrogen-bond acceptors (Lipinski definition) is 3. The molecule has 0 saturated heterocycles. The molecule has 0 unspecified atom stereocenters. The van der Waals surface area contributed by atoms with Gasteiger partial charge in [-0.25, -0.2) is 0 Å². The summed E-state index contributed by atoms with van der Waals surface area (Å²) in [5.74, 6) is 1.74. The van der Waals surface area contributed by atoms with Gasteiger partial charge >= 0.3 is 0 Å². The number of carbonyl (C=O) groups is 1. The van der Waals surface area contributed by atoms with E-state index in [9.17, 15) is 4.79 Å². The summed E-state index contributed by atoms with van der Waals surface area (Å²) >= 11 is 5.09. The second-order valence-corrected chi connectivity index (χ2v) is 4.49. The highest BCUT2D eigenvalue weighted by atomic mass is 79.9. The van der Waals surface area contributed by atoms with Gasteiger partial charge in [-0.05, 0) is 40.4 Å². The fraction of sp³-hybridized carbons (Fsp3) is 0.300. The van der Waals surface area contributed by atoms with Gasteiger partial charge in [0.2, 0.25) is 0 Å². The fourth-order valence-electron chi connectivity index (χ4n) is 0.942. The molecular weight excluding hydrogens is 264 g/mol. The zero-order valence-electron chi connectivity index (χ0n) is 7.83. The standard InChI is InChI=1S/C10H11BrO2S/c1-14-5-4-13-10-3-2-8(7-12)6-9(10)11/h2-3,6-7H,4-5H2,1H3. The Kier molecular flexibility index (Phi) is 5.04. The Labute approximate surface area is 96.2 Å². The summed E-state index contributed by atoms with van der Waals surface area (Å²) in [6.07, 6.45) is 2.85. The van der Waals surface area contributed by atoms with E-state index in [-0.39, 0.29) is 0 Å². The van der Waals surface area contributed by atoms with Crippen LogP contribution < -0.4 is 4.74 Å². The van der Waals surface area contributed by atoms with Crippen LogP contribution in [0.4, 0.5) is 0 Å². The molecule has 0 saturated carbocycles. The Morgan fingerprint density at radius 2 is 2.36 bits per heavy atom. The van der Waals surface area contributed by atoms with E-state index in [0.29, 0.717) is 12.2 Å². The maximum atomic E-state index is 10.5. The minimum absolute atomic E-state index is 0.647. The van der Waals surface area contributed by atoms with Crippen molar-refractivity contribution in [2.45, 2.75) is 0 Å². The van der Waals surface area contributed by atoms with E-state index in [0.717, 1.165) is 22.3 Å². The third-order valence-corrected chi connectivity index (χ3v) is 2.83. The molecule has 1 rings (SSSR count). The summed E-state index contributed by atoms with van der Waals surface area (Å²) in [6, 6.07) is 5.29. The van der Waals surface area contributed by atoms with Gasteiger partial charge in [0, 0.05) is 11.3 Å². The third-order valence-electron chi connectivity index (χ3n) is 1.64. The van der Waals surface area contributed by atoms with Crippen molar-refractivity contribution in [1.29, 1.82) is 0 Å². The summed E-state index contributed by atoms with van der Waals surface area (Å²) in [5.41, 5.74) is 0.647. The molecule has 0 spiro atoms. The van der Waals surface area contributed by atoms with Crippen LogP contribution in [0.3, 0.4) is 0 Å². The van der Waals surface area contributed by atoms with Gasteiger partial charge in [0.25, 0.3) is 0 Å². The average Bonchev–Trinajstić information content (AvgIpc) is 2.20. The van der Waals surface area contributed by atoms with Crippen LogP contribution in [0, 0.1) is 0 Å². The molecule has 0 radical (unpaired) electrons. The molecule has 0 amide bonds. The predicted octanol–water partition coefficient (Wildman–Crippen LogP) is 3.00. The Hall–Kier alpha value is -0.480. The number of hydrogen-bond donors (Lipinski definition) is 0. The van der Waals surface area contributed by atoms with Crippen LogP contribution in [-0.2, 0) is 0 Å². The summed E-state index contributed by atoms with van der Waals surface area (Å²) < 4.78 is 6.32. The monoisotopic (exact) mass is 274 g/mol. The highest BCUT2D eigenvalue weighted by molar-refractivity contribution is 9.10. The van der Waals surface area contributed by atoms with Gasteiger partial charge in [0.1, 0.15) is 12.0 Å². The summed E-state index contributed by atoms with van der Waals surface area (Å²) in [6.45, 7) is 0.681. The first-order valence-corrected chi connectivity index (χ1v) is 6.33. The van der Waals surface area contributed by atoms with Gasteiger partial charge in [0.15, 0.2) is 0 Å². The van der Waals surface area contributed by atoms with Crippen molar-refractivity contribution in [2.24, 2.45) is 0 Å². The summed E-state index contributed by atoms with van der Waals surface area (Å²) in [7, 11) is 0. The predicted molar refractivity (Wildman–Crippen MR) is 63.4 cm³/mol. The molecule has 0 atom stereocenters. The highest BCUT2D eigenvalue weighted by Crippen LogP contribution is 2.25. The van der Waals surface area contributed by atoms with Crippen LogP contribution in [0.2, 0.25) is 0 Å². The lowest BCUT2D eigenvalue weighted by atomic mass is 10.2. The SMILES string of the molecule is CSCCOc1ccc(C=O)cc1Br. The maximum Gasteiger partial charge on any atom is 0.150 e.